The normalized spacial score (nSPS) is 26.8. The molecule has 192 valence electrons. The molecule has 2 unspecified atom stereocenters. The largest absolute Gasteiger partial charge is 1.00 e. The van der Waals surface area contributed by atoms with Crippen LogP contribution in [0.5, 0.6) is 0 Å². The maximum absolute atomic E-state index is 11.3. The number of aliphatic hydroxyl groups excluding tert-OH is 1. The van der Waals surface area contributed by atoms with Crippen molar-refractivity contribution in [3.63, 3.8) is 0 Å². The van der Waals surface area contributed by atoms with Crippen LogP contribution in [0.4, 0.5) is 0 Å². The van der Waals surface area contributed by atoms with E-state index >= 15 is 0 Å². The van der Waals surface area contributed by atoms with Crippen LogP contribution in [-0.2, 0) is 45.4 Å². The van der Waals surface area contributed by atoms with E-state index in [1.807, 2.05) is 0 Å². The minimum Gasteiger partial charge on any atom is -0.387 e. The molecule has 1 fully saturated rings. The van der Waals surface area contributed by atoms with E-state index in [0.29, 0.717) is 0 Å². The summed E-state index contributed by atoms with van der Waals surface area (Å²) >= 11 is 0. The predicted octanol–water partition coefficient (Wildman–Crippen LogP) is -18.2. The zero-order chi connectivity index (χ0) is 25.5. The summed E-state index contributed by atoms with van der Waals surface area (Å²) in [6.07, 6.45) is -17.4. The zero-order valence-electron chi connectivity index (χ0n) is 19.7. The fourth-order valence-electron chi connectivity index (χ4n) is 2.53. The van der Waals surface area contributed by atoms with Crippen LogP contribution in [0.2, 0.25) is 0 Å². The number of phosphoric ester groups is 5. The first kappa shape index (κ1) is 52.1. The van der Waals surface area contributed by atoms with Gasteiger partial charge in [0.05, 0.1) is 0 Å². The molecule has 11 N–H and O–H groups in total. The Hall–Kier alpha value is 5.51. The number of rotatable bonds is 10. The fourth-order valence-corrected chi connectivity index (χ4v) is 5.33. The summed E-state index contributed by atoms with van der Waals surface area (Å²) in [5.74, 6) is 0. The van der Waals surface area contributed by atoms with Crippen LogP contribution < -0.4 is 148 Å². The van der Waals surface area contributed by atoms with Crippen LogP contribution in [0.15, 0.2) is 0 Å². The van der Waals surface area contributed by atoms with Crippen molar-refractivity contribution in [1.82, 2.24) is 0 Å². The smallest absolute Gasteiger partial charge is 0.387 e. The molecule has 1 saturated carbocycles. The van der Waals surface area contributed by atoms with E-state index < -0.39 is 75.7 Å². The number of hydrogen-bond acceptors (Lipinski definition) is 11. The van der Waals surface area contributed by atoms with Gasteiger partial charge in [0.2, 0.25) is 0 Å². The molecule has 0 amide bonds. The average molecular weight is 695 g/mol. The fraction of sp³-hybridized carbons (Fsp3) is 1.00. The summed E-state index contributed by atoms with van der Waals surface area (Å²) in [7, 11) is -29.1. The molecule has 0 spiro atoms. The van der Waals surface area contributed by atoms with Gasteiger partial charge in [0.1, 0.15) is 36.6 Å². The Bertz CT molecular complexity index is 845. The summed E-state index contributed by atoms with van der Waals surface area (Å²) in [6.45, 7) is 0. The van der Waals surface area contributed by atoms with Crippen molar-refractivity contribution in [2.75, 3.05) is 0 Å². The molecular weight excluding hydrogens is 678 g/mol. The van der Waals surface area contributed by atoms with E-state index in [-0.39, 0.29) is 148 Å². The van der Waals surface area contributed by atoms with Gasteiger partial charge in [-0.2, -0.15) is 0 Å². The molecule has 1 aliphatic carbocycles. The molecule has 6 atom stereocenters. The van der Waals surface area contributed by atoms with Gasteiger partial charge in [-0.15, -0.1) is 0 Å². The Morgan fingerprint density at radius 3 is 0.649 bits per heavy atom. The van der Waals surface area contributed by atoms with Gasteiger partial charge >= 0.3 is 187 Å². The molecule has 0 radical (unpaired) electrons. The maximum atomic E-state index is 11.3. The predicted molar refractivity (Wildman–Crippen MR) is 90.6 cm³/mol. The van der Waals surface area contributed by atoms with Crippen LogP contribution in [0, 0.1) is 0 Å². The molecule has 21 nitrogen and oxygen atoms in total. The second-order valence-corrected chi connectivity index (χ2v) is 11.8. The Morgan fingerprint density at radius 1 is 0.351 bits per heavy atom. The summed E-state index contributed by atoms with van der Waals surface area (Å²) < 4.78 is 76.6. The van der Waals surface area contributed by atoms with Gasteiger partial charge in [0.15, 0.2) is 0 Å². The van der Waals surface area contributed by atoms with E-state index in [9.17, 15) is 27.9 Å². The number of aliphatic hydroxyl groups is 1. The van der Waals surface area contributed by atoms with Crippen molar-refractivity contribution in [3.8, 4) is 0 Å². The third-order valence-corrected chi connectivity index (χ3v) is 5.85. The van der Waals surface area contributed by atoms with E-state index in [4.69, 9.17) is 48.9 Å². The quantitative estimate of drug-likeness (QED) is 0.0746. The average Bonchev–Trinajstić information content (AvgIpc) is 2.45. The molecule has 0 saturated heterocycles. The van der Waals surface area contributed by atoms with Crippen molar-refractivity contribution in [2.45, 2.75) is 36.6 Å². The first-order valence-electron chi connectivity index (χ1n) is 7.26. The first-order valence-corrected chi connectivity index (χ1v) is 14.9. The molecule has 1 rings (SSSR count). The van der Waals surface area contributed by atoms with Gasteiger partial charge in [-0.3, -0.25) is 22.6 Å². The Labute approximate surface area is 318 Å². The summed E-state index contributed by atoms with van der Waals surface area (Å²) in [5.41, 5.74) is 0. The van der Waals surface area contributed by atoms with Crippen molar-refractivity contribution < 1.29 is 247 Å². The SMILES string of the molecule is O=P(O)(O)OC1[C@@H](OP(=O)(O)O)[C@H](OP(=O)(O)O)C(O)[C@@H](OP(=O)(O)O)[C@H]1OP(=O)(O)O.[Na+].[Na+].[Na+].[Na+].[Na+]. The third-order valence-electron chi connectivity index (χ3n) is 3.26. The van der Waals surface area contributed by atoms with Crippen molar-refractivity contribution >= 4 is 39.1 Å². The van der Waals surface area contributed by atoms with Gasteiger partial charge < -0.3 is 54.0 Å². The van der Waals surface area contributed by atoms with Crippen LogP contribution in [0.3, 0.4) is 0 Å². The first-order chi connectivity index (χ1) is 13.9. The van der Waals surface area contributed by atoms with Gasteiger partial charge in [-0.05, 0) is 0 Å². The van der Waals surface area contributed by atoms with Crippen LogP contribution in [-0.4, -0.2) is 90.7 Å². The summed E-state index contributed by atoms with van der Waals surface area (Å²) in [6, 6.07) is 0. The summed E-state index contributed by atoms with van der Waals surface area (Å²) in [5, 5.41) is 10.3. The van der Waals surface area contributed by atoms with Crippen molar-refractivity contribution in [1.29, 1.82) is 0 Å². The van der Waals surface area contributed by atoms with Crippen LogP contribution in [0.25, 0.3) is 0 Å². The molecule has 1 aliphatic rings. The molecule has 37 heavy (non-hydrogen) atoms. The van der Waals surface area contributed by atoms with Gasteiger partial charge in [-0.25, -0.2) is 22.8 Å². The Balaban J connectivity index is -0.000000683. The molecule has 0 aromatic carbocycles. The monoisotopic (exact) mass is 695 g/mol. The second kappa shape index (κ2) is 19.9. The van der Waals surface area contributed by atoms with Crippen LogP contribution in [0.1, 0.15) is 0 Å². The van der Waals surface area contributed by atoms with E-state index in [0.717, 1.165) is 0 Å². The molecule has 0 aliphatic heterocycles. The minimum atomic E-state index is -5.86. The number of phosphoric acid groups is 5. The van der Waals surface area contributed by atoms with Crippen LogP contribution >= 0.6 is 39.1 Å². The summed E-state index contributed by atoms with van der Waals surface area (Å²) in [4.78, 5) is 90.1. The molecule has 0 bridgehead atoms. The second-order valence-electron chi connectivity index (χ2n) is 5.79. The topological polar surface area (TPSA) is 354 Å². The molecule has 0 aromatic rings. The third kappa shape index (κ3) is 21.8. The maximum Gasteiger partial charge on any atom is 1.00 e. The molecular formula is C6H17Na5O21P5+5. The number of hydrogen-bond donors (Lipinski definition) is 11. The van der Waals surface area contributed by atoms with Gasteiger partial charge in [0.25, 0.3) is 0 Å². The van der Waals surface area contributed by atoms with E-state index in [1.165, 1.54) is 0 Å². The van der Waals surface area contributed by atoms with Gasteiger partial charge in [-0.1, -0.05) is 0 Å². The molecule has 0 heterocycles. The van der Waals surface area contributed by atoms with Gasteiger partial charge in [0, 0.05) is 0 Å². The van der Waals surface area contributed by atoms with Crippen molar-refractivity contribution in [2.24, 2.45) is 0 Å². The van der Waals surface area contributed by atoms with E-state index in [2.05, 4.69) is 22.6 Å². The molecule has 31 heteroatoms. The van der Waals surface area contributed by atoms with Crippen molar-refractivity contribution in [3.05, 3.63) is 0 Å². The zero-order valence-corrected chi connectivity index (χ0v) is 34.2. The Kier molecular flexibility index (Phi) is 28.0. The Morgan fingerprint density at radius 2 is 0.486 bits per heavy atom. The minimum absolute atomic E-state index is 0. The van der Waals surface area contributed by atoms with E-state index in [1.54, 1.807) is 0 Å². The molecule has 0 aromatic heterocycles. The standard InChI is InChI=1S/C6H17O21P5.5Na/c7-1-2(23-28(8,9)10)4(25-30(14,15)16)6(27-32(20,21)22)5(26-31(17,18)19)3(1)24-29(11,12)13;;;;;/h1-7H,(H2,8,9,10)(H2,11,12,13)(H2,14,15,16)(H2,17,18,19)(H2,20,21,22);;;;;/q;5*+1/t1?,2-,3-,4-,5+,6?;;;;;/m1...../s1.